The van der Waals surface area contributed by atoms with E-state index in [-0.39, 0.29) is 16.6 Å². The summed E-state index contributed by atoms with van der Waals surface area (Å²) in [5, 5.41) is -0.0500. The van der Waals surface area contributed by atoms with E-state index in [2.05, 4.69) is 14.7 Å². The monoisotopic (exact) mass is 283 g/mol. The Balaban J connectivity index is 2.16. The average Bonchev–Trinajstić information content (AvgIpc) is 2.38. The highest BCUT2D eigenvalue weighted by Crippen LogP contribution is 2.17. The normalized spacial score (nSPS) is 11.4. The maximum atomic E-state index is 12.0. The van der Waals surface area contributed by atoms with Gasteiger partial charge in [-0.1, -0.05) is 17.7 Å². The lowest BCUT2D eigenvalue weighted by Gasteiger charge is -2.06. The molecule has 2 aromatic rings. The molecule has 0 amide bonds. The van der Waals surface area contributed by atoms with Gasteiger partial charge in [0.15, 0.2) is 0 Å². The number of hydrogen-bond donors (Lipinski definition) is 1. The molecule has 1 N–H and O–H groups in total. The van der Waals surface area contributed by atoms with Crippen molar-refractivity contribution in [2.75, 3.05) is 0 Å². The summed E-state index contributed by atoms with van der Waals surface area (Å²) in [5.41, 5.74) is 0.626. The second kappa shape index (κ2) is 5.43. The number of aromatic nitrogens is 2. The van der Waals surface area contributed by atoms with Gasteiger partial charge in [-0.2, -0.15) is 0 Å². The molecule has 0 saturated heterocycles. The SMILES string of the molecule is O=S(=O)(NCc1ccccn1)c1cccnc1Cl. The predicted molar refractivity (Wildman–Crippen MR) is 67.5 cm³/mol. The molecular formula is C11H10ClN3O2S. The van der Waals surface area contributed by atoms with Crippen LogP contribution in [0.15, 0.2) is 47.6 Å². The molecule has 0 saturated carbocycles. The van der Waals surface area contributed by atoms with Gasteiger partial charge in [-0.3, -0.25) is 4.98 Å². The Kier molecular flexibility index (Phi) is 3.90. The minimum Gasteiger partial charge on any atom is -0.260 e. The molecule has 2 heterocycles. The molecule has 0 atom stereocenters. The summed E-state index contributed by atoms with van der Waals surface area (Å²) in [4.78, 5) is 7.71. The van der Waals surface area contributed by atoms with Crippen molar-refractivity contribution in [1.82, 2.24) is 14.7 Å². The highest BCUT2D eigenvalue weighted by Gasteiger charge is 2.17. The largest absolute Gasteiger partial charge is 0.260 e. The van der Waals surface area contributed by atoms with Crippen molar-refractivity contribution < 1.29 is 8.42 Å². The molecular weight excluding hydrogens is 274 g/mol. The molecule has 0 spiro atoms. The number of nitrogens with one attached hydrogen (secondary N) is 1. The summed E-state index contributed by atoms with van der Waals surface area (Å²) in [6, 6.07) is 8.19. The van der Waals surface area contributed by atoms with Gasteiger partial charge in [0.2, 0.25) is 10.0 Å². The maximum Gasteiger partial charge on any atom is 0.243 e. The number of sulfonamides is 1. The molecule has 0 fully saturated rings. The Hall–Kier alpha value is -1.50. The summed E-state index contributed by atoms with van der Waals surface area (Å²) in [5.74, 6) is 0. The smallest absolute Gasteiger partial charge is 0.243 e. The van der Waals surface area contributed by atoms with E-state index in [1.54, 1.807) is 24.4 Å². The van der Waals surface area contributed by atoms with Crippen molar-refractivity contribution in [3.63, 3.8) is 0 Å². The molecule has 0 aliphatic heterocycles. The van der Waals surface area contributed by atoms with Gasteiger partial charge in [-0.05, 0) is 24.3 Å². The Labute approximate surface area is 110 Å². The summed E-state index contributed by atoms with van der Waals surface area (Å²) >= 11 is 5.74. The van der Waals surface area contributed by atoms with Gasteiger partial charge in [-0.15, -0.1) is 0 Å². The third kappa shape index (κ3) is 3.04. The number of pyridine rings is 2. The quantitative estimate of drug-likeness (QED) is 0.865. The Morgan fingerprint density at radius 3 is 2.56 bits per heavy atom. The second-order valence-corrected chi connectivity index (χ2v) is 5.53. The molecule has 0 radical (unpaired) electrons. The zero-order valence-electron chi connectivity index (χ0n) is 9.25. The minimum absolute atomic E-state index is 0.0393. The highest BCUT2D eigenvalue weighted by molar-refractivity contribution is 7.89. The Morgan fingerprint density at radius 1 is 1.11 bits per heavy atom. The van der Waals surface area contributed by atoms with Crippen LogP contribution in [-0.2, 0) is 16.6 Å². The van der Waals surface area contributed by atoms with Crippen LogP contribution in [0.5, 0.6) is 0 Å². The number of halogens is 1. The van der Waals surface area contributed by atoms with Crippen molar-refractivity contribution in [2.24, 2.45) is 0 Å². The van der Waals surface area contributed by atoms with E-state index in [1.165, 1.54) is 18.3 Å². The van der Waals surface area contributed by atoms with Gasteiger partial charge in [-0.25, -0.2) is 18.1 Å². The van der Waals surface area contributed by atoms with E-state index in [0.29, 0.717) is 5.69 Å². The fourth-order valence-corrected chi connectivity index (χ4v) is 2.77. The molecule has 0 aliphatic rings. The van der Waals surface area contributed by atoms with E-state index in [0.717, 1.165) is 0 Å². The number of nitrogens with zero attached hydrogens (tertiary/aromatic N) is 2. The van der Waals surface area contributed by atoms with Crippen LogP contribution in [0.2, 0.25) is 5.15 Å². The topological polar surface area (TPSA) is 72.0 Å². The summed E-state index contributed by atoms with van der Waals surface area (Å²) in [6.45, 7) is 0.106. The van der Waals surface area contributed by atoms with E-state index in [1.807, 2.05) is 0 Å². The Bertz CT molecular complexity index is 632. The lowest BCUT2D eigenvalue weighted by Crippen LogP contribution is -2.24. The van der Waals surface area contributed by atoms with Crippen molar-refractivity contribution in [1.29, 1.82) is 0 Å². The molecule has 5 nitrogen and oxygen atoms in total. The molecule has 2 aromatic heterocycles. The summed E-state index contributed by atoms with van der Waals surface area (Å²) < 4.78 is 26.3. The average molecular weight is 284 g/mol. The van der Waals surface area contributed by atoms with Crippen LogP contribution >= 0.6 is 11.6 Å². The van der Waals surface area contributed by atoms with Crippen LogP contribution in [-0.4, -0.2) is 18.4 Å². The fourth-order valence-electron chi connectivity index (χ4n) is 1.32. The number of rotatable bonds is 4. The van der Waals surface area contributed by atoms with Gasteiger partial charge in [0.25, 0.3) is 0 Å². The van der Waals surface area contributed by atoms with Gasteiger partial charge in [0.1, 0.15) is 10.0 Å². The van der Waals surface area contributed by atoms with E-state index in [4.69, 9.17) is 11.6 Å². The lowest BCUT2D eigenvalue weighted by atomic mass is 10.4. The molecule has 2 rings (SSSR count). The second-order valence-electron chi connectivity index (χ2n) is 3.44. The first-order chi connectivity index (χ1) is 8.59. The summed E-state index contributed by atoms with van der Waals surface area (Å²) in [7, 11) is -3.67. The predicted octanol–water partition coefficient (Wildman–Crippen LogP) is 1.61. The van der Waals surface area contributed by atoms with Gasteiger partial charge >= 0.3 is 0 Å². The third-order valence-electron chi connectivity index (χ3n) is 2.18. The molecule has 7 heteroatoms. The van der Waals surface area contributed by atoms with Crippen LogP contribution in [0, 0.1) is 0 Å². The van der Waals surface area contributed by atoms with Crippen LogP contribution in [0.1, 0.15) is 5.69 Å². The standard InChI is InChI=1S/C11H10ClN3O2S/c12-11-10(5-3-7-14-11)18(16,17)15-8-9-4-1-2-6-13-9/h1-7,15H,8H2. The van der Waals surface area contributed by atoms with Crippen molar-refractivity contribution in [2.45, 2.75) is 11.4 Å². The third-order valence-corrected chi connectivity index (χ3v) is 4.03. The minimum atomic E-state index is -3.67. The zero-order valence-corrected chi connectivity index (χ0v) is 10.8. The lowest BCUT2D eigenvalue weighted by molar-refractivity contribution is 0.580. The first-order valence-corrected chi connectivity index (χ1v) is 6.96. The molecule has 0 aromatic carbocycles. The van der Waals surface area contributed by atoms with Gasteiger partial charge in [0, 0.05) is 12.4 Å². The first-order valence-electron chi connectivity index (χ1n) is 5.10. The van der Waals surface area contributed by atoms with E-state index in [9.17, 15) is 8.42 Å². The number of hydrogen-bond acceptors (Lipinski definition) is 4. The molecule has 0 unspecified atom stereocenters. The van der Waals surface area contributed by atoms with Gasteiger partial charge in [0.05, 0.1) is 12.2 Å². The zero-order chi connectivity index (χ0) is 13.0. The Morgan fingerprint density at radius 2 is 1.89 bits per heavy atom. The van der Waals surface area contributed by atoms with Crippen molar-refractivity contribution in [3.8, 4) is 0 Å². The summed E-state index contributed by atoms with van der Waals surface area (Å²) in [6.07, 6.45) is 3.03. The van der Waals surface area contributed by atoms with Gasteiger partial charge < -0.3 is 0 Å². The first kappa shape index (κ1) is 12.9. The van der Waals surface area contributed by atoms with Crippen LogP contribution in [0.3, 0.4) is 0 Å². The maximum absolute atomic E-state index is 12.0. The van der Waals surface area contributed by atoms with Crippen molar-refractivity contribution in [3.05, 3.63) is 53.6 Å². The van der Waals surface area contributed by atoms with Crippen LogP contribution in [0.4, 0.5) is 0 Å². The van der Waals surface area contributed by atoms with Crippen LogP contribution in [0.25, 0.3) is 0 Å². The van der Waals surface area contributed by atoms with E-state index < -0.39 is 10.0 Å². The van der Waals surface area contributed by atoms with Crippen molar-refractivity contribution >= 4 is 21.6 Å². The van der Waals surface area contributed by atoms with E-state index >= 15 is 0 Å². The molecule has 0 aliphatic carbocycles. The van der Waals surface area contributed by atoms with Crippen LogP contribution < -0.4 is 4.72 Å². The molecule has 0 bridgehead atoms. The molecule has 18 heavy (non-hydrogen) atoms. The molecule has 94 valence electrons. The highest BCUT2D eigenvalue weighted by atomic mass is 35.5. The fraction of sp³-hybridized carbons (Fsp3) is 0.0909.